The molecule has 0 radical (unpaired) electrons. The lowest BCUT2D eigenvalue weighted by molar-refractivity contribution is 0.600. The highest BCUT2D eigenvalue weighted by molar-refractivity contribution is 7.90. The van der Waals surface area contributed by atoms with Crippen molar-refractivity contribution >= 4 is 32.7 Å². The van der Waals surface area contributed by atoms with Crippen LogP contribution >= 0.6 is 0 Å². The van der Waals surface area contributed by atoms with Crippen LogP contribution in [0.4, 0.5) is 17.3 Å². The van der Waals surface area contributed by atoms with E-state index in [0.717, 1.165) is 23.8 Å². The maximum Gasteiger partial charge on any atom is 0.220 e. The normalized spacial score (nSPS) is 15.3. The van der Waals surface area contributed by atoms with Crippen LogP contribution in [0.25, 0.3) is 5.57 Å². The van der Waals surface area contributed by atoms with E-state index >= 15 is 0 Å². The zero-order valence-electron chi connectivity index (χ0n) is 13.7. The molecule has 1 aromatic heterocycles. The summed E-state index contributed by atoms with van der Waals surface area (Å²) in [5.41, 5.74) is 7.44. The number of sulfone groups is 1. The van der Waals surface area contributed by atoms with Crippen molar-refractivity contribution in [1.29, 1.82) is 5.26 Å². The lowest BCUT2D eigenvalue weighted by Crippen LogP contribution is -2.22. The fourth-order valence-electron chi connectivity index (χ4n) is 2.71. The summed E-state index contributed by atoms with van der Waals surface area (Å²) in [4.78, 5) is 9.52. The van der Waals surface area contributed by atoms with Gasteiger partial charge in [-0.2, -0.15) is 5.26 Å². The predicted molar refractivity (Wildman–Crippen MR) is 95.2 cm³/mol. The predicted octanol–water partition coefficient (Wildman–Crippen LogP) is 1.61. The van der Waals surface area contributed by atoms with Crippen LogP contribution in [0.5, 0.6) is 0 Å². The van der Waals surface area contributed by atoms with E-state index in [9.17, 15) is 13.7 Å². The number of fused-ring (bicyclic) bond motifs is 1. The Morgan fingerprint density at radius 2 is 2.12 bits per heavy atom. The van der Waals surface area contributed by atoms with Gasteiger partial charge in [0.15, 0.2) is 9.84 Å². The molecule has 0 bridgehead atoms. The second-order valence-electron chi connectivity index (χ2n) is 5.44. The van der Waals surface area contributed by atoms with Crippen molar-refractivity contribution in [1.82, 2.24) is 9.97 Å². The van der Waals surface area contributed by atoms with Crippen LogP contribution < -0.4 is 16.0 Å². The average molecular weight is 356 g/mol. The summed E-state index contributed by atoms with van der Waals surface area (Å²) >= 11 is 0. The van der Waals surface area contributed by atoms with Gasteiger partial charge in [0.2, 0.25) is 5.95 Å². The van der Waals surface area contributed by atoms with E-state index in [4.69, 9.17) is 5.73 Å². The van der Waals surface area contributed by atoms with Gasteiger partial charge in [-0.15, -0.1) is 0 Å². The standard InChI is InChI=1S/C16H16N6O2S/c1-3-22-12-7-5-4-6-11(12)20-15(22)10(8-17)14-13(25(2,23)24)9-19-16(18)21-14/h4-7,9,20H,3H2,1-2H3,(H2,18,19,21). The molecule has 1 aromatic carbocycles. The van der Waals surface area contributed by atoms with E-state index in [-0.39, 0.29) is 22.1 Å². The third-order valence-electron chi connectivity index (χ3n) is 3.79. The molecule has 9 heteroatoms. The van der Waals surface area contributed by atoms with Gasteiger partial charge in [-0.05, 0) is 19.1 Å². The Morgan fingerprint density at radius 1 is 1.40 bits per heavy atom. The number of nitrogens with one attached hydrogen (secondary N) is 1. The van der Waals surface area contributed by atoms with Crippen molar-refractivity contribution < 1.29 is 8.42 Å². The zero-order chi connectivity index (χ0) is 18.2. The van der Waals surface area contributed by atoms with E-state index < -0.39 is 9.84 Å². The van der Waals surface area contributed by atoms with Crippen LogP contribution in [0.15, 0.2) is 41.2 Å². The van der Waals surface area contributed by atoms with Gasteiger partial charge in [-0.25, -0.2) is 18.4 Å². The second-order valence-corrected chi connectivity index (χ2v) is 7.42. The van der Waals surface area contributed by atoms with E-state index in [1.54, 1.807) is 0 Å². The van der Waals surface area contributed by atoms with Crippen molar-refractivity contribution in [2.75, 3.05) is 28.8 Å². The summed E-state index contributed by atoms with van der Waals surface area (Å²) < 4.78 is 24.2. The van der Waals surface area contributed by atoms with Gasteiger partial charge < -0.3 is 16.0 Å². The van der Waals surface area contributed by atoms with E-state index in [2.05, 4.69) is 21.4 Å². The Kier molecular flexibility index (Phi) is 4.06. The Hall–Kier alpha value is -3.12. The molecule has 1 aliphatic rings. The van der Waals surface area contributed by atoms with Crippen LogP contribution in [-0.2, 0) is 9.84 Å². The largest absolute Gasteiger partial charge is 0.368 e. The van der Waals surface area contributed by atoms with E-state index in [0.29, 0.717) is 12.4 Å². The fraction of sp³-hybridized carbons (Fsp3) is 0.188. The molecule has 0 amide bonds. The van der Waals surface area contributed by atoms with Crippen LogP contribution in [0.3, 0.4) is 0 Å². The number of aromatic nitrogens is 2. The Labute approximate surface area is 145 Å². The molecule has 2 aromatic rings. The van der Waals surface area contributed by atoms with Crippen molar-refractivity contribution in [3.05, 3.63) is 42.0 Å². The van der Waals surface area contributed by atoms with Crippen LogP contribution in [0, 0.1) is 11.3 Å². The first-order valence-corrected chi connectivity index (χ1v) is 9.36. The first-order chi connectivity index (χ1) is 11.9. The zero-order valence-corrected chi connectivity index (χ0v) is 14.5. The molecule has 8 nitrogen and oxygen atoms in total. The van der Waals surface area contributed by atoms with Crippen molar-refractivity contribution in [2.45, 2.75) is 11.8 Å². The number of hydrogen-bond donors (Lipinski definition) is 2. The molecule has 0 fully saturated rings. The number of allylic oxidation sites excluding steroid dienone is 1. The van der Waals surface area contributed by atoms with E-state index in [1.807, 2.05) is 36.1 Å². The van der Waals surface area contributed by atoms with Gasteiger partial charge in [0.1, 0.15) is 28.1 Å². The number of rotatable bonds is 3. The van der Waals surface area contributed by atoms with Gasteiger partial charge in [0.25, 0.3) is 0 Å². The van der Waals surface area contributed by atoms with Crippen molar-refractivity contribution in [3.8, 4) is 6.07 Å². The second kappa shape index (κ2) is 6.07. The summed E-state index contributed by atoms with van der Waals surface area (Å²) in [6.07, 6.45) is 2.17. The number of benzene rings is 1. The van der Waals surface area contributed by atoms with Gasteiger partial charge in [-0.1, -0.05) is 12.1 Å². The molecule has 1 aliphatic heterocycles. The smallest absolute Gasteiger partial charge is 0.220 e. The lowest BCUT2D eigenvalue weighted by atomic mass is 10.2. The SMILES string of the molecule is CCN1C(=C(C#N)c2nc(N)ncc2S(C)(=O)=O)Nc2ccccc21. The molecule has 0 saturated carbocycles. The van der Waals surface area contributed by atoms with E-state index in [1.165, 1.54) is 0 Å². The van der Waals surface area contributed by atoms with Gasteiger partial charge in [-0.3, -0.25) is 0 Å². The first kappa shape index (κ1) is 16.7. The number of anilines is 3. The highest BCUT2D eigenvalue weighted by Gasteiger charge is 2.29. The van der Waals surface area contributed by atoms with Gasteiger partial charge >= 0.3 is 0 Å². The molecule has 0 saturated heterocycles. The van der Waals surface area contributed by atoms with Crippen LogP contribution in [0.1, 0.15) is 12.6 Å². The number of nitriles is 1. The molecule has 0 atom stereocenters. The quantitative estimate of drug-likeness (QED) is 0.795. The van der Waals surface area contributed by atoms with Crippen LogP contribution in [-0.4, -0.2) is 31.2 Å². The number of para-hydroxylation sites is 2. The highest BCUT2D eigenvalue weighted by Crippen LogP contribution is 2.39. The Morgan fingerprint density at radius 3 is 2.76 bits per heavy atom. The van der Waals surface area contributed by atoms with Crippen LogP contribution in [0.2, 0.25) is 0 Å². The molecule has 2 heterocycles. The minimum atomic E-state index is -3.64. The molecule has 0 spiro atoms. The summed E-state index contributed by atoms with van der Waals surface area (Å²) in [7, 11) is -3.64. The summed E-state index contributed by atoms with van der Waals surface area (Å²) in [6.45, 7) is 2.52. The van der Waals surface area contributed by atoms with Gasteiger partial charge in [0, 0.05) is 12.8 Å². The monoisotopic (exact) mass is 356 g/mol. The summed E-state index contributed by atoms with van der Waals surface area (Å²) in [5.74, 6) is 0.364. The number of nitrogen functional groups attached to an aromatic ring is 1. The molecular formula is C16H16N6O2S. The Bertz CT molecular complexity index is 1020. The van der Waals surface area contributed by atoms with Crippen molar-refractivity contribution in [2.24, 2.45) is 0 Å². The summed E-state index contributed by atoms with van der Waals surface area (Å²) in [6, 6.07) is 9.63. The minimum Gasteiger partial charge on any atom is -0.368 e. The maximum atomic E-state index is 12.1. The fourth-order valence-corrected chi connectivity index (χ4v) is 3.45. The number of nitrogens with zero attached hydrogens (tertiary/aromatic N) is 4. The highest BCUT2D eigenvalue weighted by atomic mass is 32.2. The Balaban J connectivity index is 2.28. The molecular weight excluding hydrogens is 340 g/mol. The molecule has 128 valence electrons. The van der Waals surface area contributed by atoms with Crippen molar-refractivity contribution in [3.63, 3.8) is 0 Å². The average Bonchev–Trinajstić information content (AvgIpc) is 2.92. The molecule has 0 unspecified atom stereocenters. The molecule has 3 rings (SSSR count). The molecule has 0 aliphatic carbocycles. The minimum absolute atomic E-state index is 0.00810. The third kappa shape index (κ3) is 2.88. The first-order valence-electron chi connectivity index (χ1n) is 7.47. The maximum absolute atomic E-state index is 12.1. The molecule has 3 N–H and O–H groups in total. The lowest BCUT2D eigenvalue weighted by Gasteiger charge is -2.19. The number of hydrogen-bond acceptors (Lipinski definition) is 8. The number of nitrogens with two attached hydrogens (primary N) is 1. The molecule has 25 heavy (non-hydrogen) atoms. The third-order valence-corrected chi connectivity index (χ3v) is 4.89. The summed E-state index contributed by atoms with van der Waals surface area (Å²) in [5, 5.41) is 12.9. The topological polar surface area (TPSA) is 125 Å². The van der Waals surface area contributed by atoms with Gasteiger partial charge in [0.05, 0.1) is 17.6 Å².